The summed E-state index contributed by atoms with van der Waals surface area (Å²) in [4.78, 5) is 2.58. The molecule has 0 atom stereocenters. The van der Waals surface area contributed by atoms with Crippen LogP contribution in [0.4, 0.5) is 0 Å². The predicted octanol–water partition coefficient (Wildman–Crippen LogP) is 2.50. The van der Waals surface area contributed by atoms with Crippen LogP contribution in [0.5, 0.6) is 0 Å². The van der Waals surface area contributed by atoms with Gasteiger partial charge >= 0.3 is 0 Å². The molecule has 0 bridgehead atoms. The molecule has 0 saturated heterocycles. The third-order valence-electron chi connectivity index (χ3n) is 2.54. The fraction of sp³-hybridized carbons (Fsp3) is 1.00. The molecule has 0 spiro atoms. The molecule has 2 nitrogen and oxygen atoms in total. The number of nitrogens with zero attached hydrogens (tertiary/aromatic N) is 1. The maximum absolute atomic E-state index is 3.36. The zero-order chi connectivity index (χ0) is 10.8. The second-order valence-electron chi connectivity index (χ2n) is 4.19. The Bertz CT molecular complexity index is 113. The van der Waals surface area contributed by atoms with Gasteiger partial charge < -0.3 is 10.2 Å². The first-order chi connectivity index (χ1) is 6.72. The topological polar surface area (TPSA) is 15.3 Å². The number of rotatable bonds is 9. The van der Waals surface area contributed by atoms with E-state index in [1.165, 1.54) is 38.9 Å². The summed E-state index contributed by atoms with van der Waals surface area (Å²) in [5.41, 5.74) is 0. The Labute approximate surface area is 90.1 Å². The summed E-state index contributed by atoms with van der Waals surface area (Å²) < 4.78 is 0. The Hall–Kier alpha value is -0.0800. The molecule has 0 aliphatic heterocycles. The fourth-order valence-electron chi connectivity index (χ4n) is 1.66. The number of hydrogen-bond acceptors (Lipinski definition) is 2. The lowest BCUT2D eigenvalue weighted by Crippen LogP contribution is -2.32. The average molecular weight is 200 g/mol. The first-order valence-electron chi connectivity index (χ1n) is 6.17. The molecule has 2 heteroatoms. The summed E-state index contributed by atoms with van der Waals surface area (Å²) in [6.45, 7) is 13.8. The van der Waals surface area contributed by atoms with E-state index in [4.69, 9.17) is 0 Å². The summed E-state index contributed by atoms with van der Waals surface area (Å²) in [5, 5.41) is 3.36. The quantitative estimate of drug-likeness (QED) is 0.575. The Morgan fingerprint density at radius 1 is 1.07 bits per heavy atom. The minimum absolute atomic E-state index is 0.703. The van der Waals surface area contributed by atoms with Crippen molar-refractivity contribution in [3.63, 3.8) is 0 Å². The smallest absolute Gasteiger partial charge is 0.00385 e. The van der Waals surface area contributed by atoms with Crippen molar-refractivity contribution >= 4 is 0 Å². The van der Waals surface area contributed by atoms with Crippen LogP contribution in [0.2, 0.25) is 0 Å². The SMILES string of the molecule is CCCN(CCCCNCC)C(C)C. The van der Waals surface area contributed by atoms with Gasteiger partial charge in [-0.3, -0.25) is 0 Å². The van der Waals surface area contributed by atoms with Gasteiger partial charge in [0, 0.05) is 6.04 Å². The van der Waals surface area contributed by atoms with E-state index < -0.39 is 0 Å². The molecule has 86 valence electrons. The van der Waals surface area contributed by atoms with Crippen LogP contribution in [-0.4, -0.2) is 37.1 Å². The molecule has 0 aliphatic rings. The lowest BCUT2D eigenvalue weighted by atomic mass is 10.2. The van der Waals surface area contributed by atoms with Crippen LogP contribution in [-0.2, 0) is 0 Å². The number of unbranched alkanes of at least 4 members (excludes halogenated alkanes) is 1. The molecule has 0 rings (SSSR count). The molecule has 1 N–H and O–H groups in total. The van der Waals surface area contributed by atoms with Crippen LogP contribution in [0.1, 0.15) is 47.0 Å². The third kappa shape index (κ3) is 7.34. The van der Waals surface area contributed by atoms with Gasteiger partial charge in [-0.15, -0.1) is 0 Å². The van der Waals surface area contributed by atoms with E-state index in [0.717, 1.165) is 6.54 Å². The second-order valence-corrected chi connectivity index (χ2v) is 4.19. The summed E-state index contributed by atoms with van der Waals surface area (Å²) in [5.74, 6) is 0. The first-order valence-corrected chi connectivity index (χ1v) is 6.17. The molecule has 0 unspecified atom stereocenters. The molecule has 0 radical (unpaired) electrons. The predicted molar refractivity (Wildman–Crippen MR) is 64.8 cm³/mol. The molecule has 0 aromatic heterocycles. The molecular formula is C12H28N2. The molecular weight excluding hydrogens is 172 g/mol. The summed E-state index contributed by atoms with van der Waals surface area (Å²) in [6.07, 6.45) is 3.90. The van der Waals surface area contributed by atoms with Crippen molar-refractivity contribution < 1.29 is 0 Å². The number of hydrogen-bond donors (Lipinski definition) is 1. The van der Waals surface area contributed by atoms with Gasteiger partial charge in [-0.25, -0.2) is 0 Å². The lowest BCUT2D eigenvalue weighted by Gasteiger charge is -2.25. The van der Waals surface area contributed by atoms with Gasteiger partial charge in [0.2, 0.25) is 0 Å². The molecule has 0 aliphatic carbocycles. The maximum atomic E-state index is 3.36. The Morgan fingerprint density at radius 2 is 1.79 bits per heavy atom. The fourth-order valence-corrected chi connectivity index (χ4v) is 1.66. The Balaban J connectivity index is 3.41. The van der Waals surface area contributed by atoms with E-state index in [1.54, 1.807) is 0 Å². The monoisotopic (exact) mass is 200 g/mol. The van der Waals surface area contributed by atoms with Crippen molar-refractivity contribution in [2.45, 2.75) is 53.0 Å². The van der Waals surface area contributed by atoms with Crippen LogP contribution in [0.15, 0.2) is 0 Å². The van der Waals surface area contributed by atoms with Crippen LogP contribution in [0.3, 0.4) is 0 Å². The van der Waals surface area contributed by atoms with Crippen molar-refractivity contribution in [1.82, 2.24) is 10.2 Å². The van der Waals surface area contributed by atoms with E-state index in [1.807, 2.05) is 0 Å². The van der Waals surface area contributed by atoms with Gasteiger partial charge in [0.25, 0.3) is 0 Å². The van der Waals surface area contributed by atoms with Crippen molar-refractivity contribution in [1.29, 1.82) is 0 Å². The molecule has 0 amide bonds. The molecule has 0 saturated carbocycles. The highest BCUT2D eigenvalue weighted by Gasteiger charge is 2.06. The van der Waals surface area contributed by atoms with Crippen LogP contribution < -0.4 is 5.32 Å². The van der Waals surface area contributed by atoms with Gasteiger partial charge in [0.15, 0.2) is 0 Å². The van der Waals surface area contributed by atoms with Crippen molar-refractivity contribution in [2.75, 3.05) is 26.2 Å². The number of nitrogens with one attached hydrogen (secondary N) is 1. The Morgan fingerprint density at radius 3 is 2.29 bits per heavy atom. The van der Waals surface area contributed by atoms with Gasteiger partial charge in [0.1, 0.15) is 0 Å². The van der Waals surface area contributed by atoms with E-state index >= 15 is 0 Å². The second kappa shape index (κ2) is 9.47. The van der Waals surface area contributed by atoms with Crippen molar-refractivity contribution in [2.24, 2.45) is 0 Å². The minimum atomic E-state index is 0.703. The zero-order valence-electron chi connectivity index (χ0n) is 10.5. The highest BCUT2D eigenvalue weighted by atomic mass is 15.1. The molecule has 0 fully saturated rings. The summed E-state index contributed by atoms with van der Waals surface area (Å²) in [7, 11) is 0. The highest BCUT2D eigenvalue weighted by molar-refractivity contribution is 4.62. The van der Waals surface area contributed by atoms with Crippen LogP contribution in [0, 0.1) is 0 Å². The highest BCUT2D eigenvalue weighted by Crippen LogP contribution is 2.02. The van der Waals surface area contributed by atoms with E-state index in [-0.39, 0.29) is 0 Å². The Kier molecular flexibility index (Phi) is 9.42. The maximum Gasteiger partial charge on any atom is 0.00385 e. The van der Waals surface area contributed by atoms with Gasteiger partial charge in [-0.1, -0.05) is 13.8 Å². The van der Waals surface area contributed by atoms with Gasteiger partial charge in [-0.2, -0.15) is 0 Å². The average Bonchev–Trinajstić information content (AvgIpc) is 2.15. The molecule has 0 aromatic carbocycles. The zero-order valence-corrected chi connectivity index (χ0v) is 10.5. The minimum Gasteiger partial charge on any atom is -0.317 e. The largest absolute Gasteiger partial charge is 0.317 e. The van der Waals surface area contributed by atoms with E-state index in [9.17, 15) is 0 Å². The molecule has 14 heavy (non-hydrogen) atoms. The van der Waals surface area contributed by atoms with Crippen molar-refractivity contribution in [3.05, 3.63) is 0 Å². The molecule has 0 heterocycles. The summed E-state index contributed by atoms with van der Waals surface area (Å²) >= 11 is 0. The van der Waals surface area contributed by atoms with Gasteiger partial charge in [0.05, 0.1) is 0 Å². The van der Waals surface area contributed by atoms with E-state index in [2.05, 4.69) is 37.9 Å². The normalized spacial score (nSPS) is 11.6. The standard InChI is InChI=1S/C12H28N2/c1-5-10-14(12(3)4)11-8-7-9-13-6-2/h12-13H,5-11H2,1-4H3. The first kappa shape index (κ1) is 13.9. The molecule has 0 aromatic rings. The van der Waals surface area contributed by atoms with E-state index in [0.29, 0.717) is 6.04 Å². The van der Waals surface area contributed by atoms with Gasteiger partial charge in [-0.05, 0) is 59.3 Å². The lowest BCUT2D eigenvalue weighted by molar-refractivity contribution is 0.217. The van der Waals surface area contributed by atoms with Crippen LogP contribution >= 0.6 is 0 Å². The third-order valence-corrected chi connectivity index (χ3v) is 2.54. The summed E-state index contributed by atoms with van der Waals surface area (Å²) in [6, 6.07) is 0.703. The van der Waals surface area contributed by atoms with Crippen molar-refractivity contribution in [3.8, 4) is 0 Å². The van der Waals surface area contributed by atoms with Crippen LogP contribution in [0.25, 0.3) is 0 Å².